The minimum Gasteiger partial charge on any atom is -0.365 e. The molecular formula is C13H21N3O. The second kappa shape index (κ2) is 4.90. The summed E-state index contributed by atoms with van der Waals surface area (Å²) in [7, 11) is 0. The zero-order chi connectivity index (χ0) is 12.3. The van der Waals surface area contributed by atoms with Crippen molar-refractivity contribution in [1.82, 2.24) is 9.55 Å². The van der Waals surface area contributed by atoms with Crippen LogP contribution in [0.25, 0.3) is 0 Å². The maximum Gasteiger partial charge on any atom is 0.293 e. The predicted octanol–water partition coefficient (Wildman–Crippen LogP) is 2.26. The van der Waals surface area contributed by atoms with Crippen molar-refractivity contribution in [1.29, 1.82) is 0 Å². The van der Waals surface area contributed by atoms with Gasteiger partial charge in [-0.15, -0.1) is 0 Å². The van der Waals surface area contributed by atoms with Crippen LogP contribution in [-0.2, 0) is 6.54 Å². The highest BCUT2D eigenvalue weighted by atomic mass is 16.1. The molecule has 1 N–H and O–H groups in total. The summed E-state index contributed by atoms with van der Waals surface area (Å²) in [5, 5.41) is 3.23. The first-order valence-electron chi connectivity index (χ1n) is 6.44. The van der Waals surface area contributed by atoms with E-state index in [1.807, 2.05) is 6.92 Å². The van der Waals surface area contributed by atoms with E-state index in [9.17, 15) is 4.79 Å². The number of aromatic nitrogens is 2. The van der Waals surface area contributed by atoms with Crippen molar-refractivity contribution in [2.75, 3.05) is 11.9 Å². The minimum atomic E-state index is -0.0170. The number of hydrogen-bond acceptors (Lipinski definition) is 3. The van der Waals surface area contributed by atoms with Crippen molar-refractivity contribution < 1.29 is 0 Å². The Morgan fingerprint density at radius 1 is 1.47 bits per heavy atom. The molecule has 0 radical (unpaired) electrons. The lowest BCUT2D eigenvalue weighted by atomic mass is 9.89. The maximum absolute atomic E-state index is 11.9. The second-order valence-electron chi connectivity index (χ2n) is 5.24. The Balaban J connectivity index is 2.06. The van der Waals surface area contributed by atoms with Gasteiger partial charge in [-0.3, -0.25) is 4.79 Å². The number of hydrogen-bond donors (Lipinski definition) is 1. The van der Waals surface area contributed by atoms with Crippen LogP contribution in [0.1, 0.15) is 39.5 Å². The van der Waals surface area contributed by atoms with Gasteiger partial charge in [-0.2, -0.15) is 0 Å². The van der Waals surface area contributed by atoms with Gasteiger partial charge in [0.15, 0.2) is 5.82 Å². The van der Waals surface area contributed by atoms with Crippen LogP contribution in [0.2, 0.25) is 0 Å². The van der Waals surface area contributed by atoms with Crippen molar-refractivity contribution in [3.8, 4) is 0 Å². The summed E-state index contributed by atoms with van der Waals surface area (Å²) in [5.74, 6) is 0.488. The average Bonchev–Trinajstić information content (AvgIpc) is 2.75. The third kappa shape index (κ3) is 2.68. The van der Waals surface area contributed by atoms with E-state index in [-0.39, 0.29) is 5.56 Å². The van der Waals surface area contributed by atoms with Crippen molar-refractivity contribution in [2.45, 2.75) is 46.1 Å². The maximum atomic E-state index is 11.9. The van der Waals surface area contributed by atoms with E-state index in [0.717, 1.165) is 6.54 Å². The molecule has 17 heavy (non-hydrogen) atoms. The van der Waals surface area contributed by atoms with Crippen LogP contribution in [0, 0.1) is 5.41 Å². The van der Waals surface area contributed by atoms with Crippen molar-refractivity contribution >= 4 is 5.82 Å². The van der Waals surface area contributed by atoms with Gasteiger partial charge in [0.25, 0.3) is 5.56 Å². The fourth-order valence-corrected chi connectivity index (χ4v) is 2.52. The van der Waals surface area contributed by atoms with Crippen LogP contribution < -0.4 is 10.9 Å². The van der Waals surface area contributed by atoms with Crippen molar-refractivity contribution in [2.24, 2.45) is 5.41 Å². The molecule has 0 spiro atoms. The Morgan fingerprint density at radius 3 is 2.82 bits per heavy atom. The smallest absolute Gasteiger partial charge is 0.293 e. The SMILES string of the molecule is CCn1ccnc(NCC2(C)CCCC2)c1=O. The van der Waals surface area contributed by atoms with Crippen LogP contribution in [0.15, 0.2) is 17.2 Å². The molecule has 4 heteroatoms. The zero-order valence-electron chi connectivity index (χ0n) is 10.7. The molecule has 2 rings (SSSR count). The topological polar surface area (TPSA) is 46.9 Å². The van der Waals surface area contributed by atoms with Gasteiger partial charge in [-0.05, 0) is 25.2 Å². The van der Waals surface area contributed by atoms with E-state index in [1.165, 1.54) is 25.7 Å². The lowest BCUT2D eigenvalue weighted by Crippen LogP contribution is -2.29. The van der Waals surface area contributed by atoms with Gasteiger partial charge in [-0.25, -0.2) is 4.98 Å². The van der Waals surface area contributed by atoms with Gasteiger partial charge >= 0.3 is 0 Å². The van der Waals surface area contributed by atoms with Crippen molar-refractivity contribution in [3.63, 3.8) is 0 Å². The minimum absolute atomic E-state index is 0.0170. The summed E-state index contributed by atoms with van der Waals surface area (Å²) in [6.07, 6.45) is 8.51. The number of rotatable bonds is 4. The van der Waals surface area contributed by atoms with Crippen LogP contribution in [0.3, 0.4) is 0 Å². The summed E-state index contributed by atoms with van der Waals surface area (Å²) >= 11 is 0. The van der Waals surface area contributed by atoms with Crippen LogP contribution in [-0.4, -0.2) is 16.1 Å². The summed E-state index contributed by atoms with van der Waals surface area (Å²) in [5.41, 5.74) is 0.317. The molecule has 1 aromatic rings. The predicted molar refractivity (Wildman–Crippen MR) is 69.2 cm³/mol. The Bertz CT molecular complexity index is 433. The molecule has 94 valence electrons. The number of aryl methyl sites for hydroxylation is 1. The molecule has 1 saturated carbocycles. The van der Waals surface area contributed by atoms with E-state index in [1.54, 1.807) is 17.0 Å². The monoisotopic (exact) mass is 235 g/mol. The molecule has 0 bridgehead atoms. The zero-order valence-corrected chi connectivity index (χ0v) is 10.7. The number of nitrogens with zero attached hydrogens (tertiary/aromatic N) is 2. The quantitative estimate of drug-likeness (QED) is 0.870. The summed E-state index contributed by atoms with van der Waals surface area (Å²) in [6.45, 7) is 5.79. The van der Waals surface area contributed by atoms with Gasteiger partial charge < -0.3 is 9.88 Å². The molecule has 1 aromatic heterocycles. The molecule has 1 aliphatic rings. The molecule has 1 heterocycles. The molecule has 0 aliphatic heterocycles. The Kier molecular flexibility index (Phi) is 3.50. The first-order valence-corrected chi connectivity index (χ1v) is 6.44. The molecular weight excluding hydrogens is 214 g/mol. The fraction of sp³-hybridized carbons (Fsp3) is 0.692. The summed E-state index contributed by atoms with van der Waals surface area (Å²) < 4.78 is 1.67. The van der Waals surface area contributed by atoms with Crippen LogP contribution in [0.5, 0.6) is 0 Å². The molecule has 1 aliphatic carbocycles. The largest absolute Gasteiger partial charge is 0.365 e. The Morgan fingerprint density at radius 2 is 2.18 bits per heavy atom. The molecule has 0 amide bonds. The van der Waals surface area contributed by atoms with Gasteiger partial charge in [-0.1, -0.05) is 19.8 Å². The molecule has 0 aromatic carbocycles. The molecule has 1 fully saturated rings. The standard InChI is InChI=1S/C13H21N3O/c1-3-16-9-8-14-11(12(16)17)15-10-13(2)6-4-5-7-13/h8-9H,3-7,10H2,1-2H3,(H,14,15). The Labute approximate surface area is 102 Å². The van der Waals surface area contributed by atoms with E-state index >= 15 is 0 Å². The highest BCUT2D eigenvalue weighted by Crippen LogP contribution is 2.37. The highest BCUT2D eigenvalue weighted by Gasteiger charge is 2.28. The van der Waals surface area contributed by atoms with E-state index in [0.29, 0.717) is 17.8 Å². The van der Waals surface area contributed by atoms with E-state index in [2.05, 4.69) is 17.2 Å². The van der Waals surface area contributed by atoms with Gasteiger partial charge in [0.2, 0.25) is 0 Å². The number of anilines is 1. The third-order valence-corrected chi connectivity index (χ3v) is 3.75. The van der Waals surface area contributed by atoms with E-state index < -0.39 is 0 Å². The van der Waals surface area contributed by atoms with Crippen LogP contribution in [0.4, 0.5) is 5.82 Å². The lowest BCUT2D eigenvalue weighted by molar-refractivity contribution is 0.361. The fourth-order valence-electron chi connectivity index (χ4n) is 2.52. The Hall–Kier alpha value is -1.32. The molecule has 0 saturated heterocycles. The number of nitrogens with one attached hydrogen (secondary N) is 1. The molecule has 4 nitrogen and oxygen atoms in total. The first-order chi connectivity index (χ1) is 8.14. The normalized spacial score (nSPS) is 18.2. The van der Waals surface area contributed by atoms with Crippen molar-refractivity contribution in [3.05, 3.63) is 22.7 Å². The lowest BCUT2D eigenvalue weighted by Gasteiger charge is -2.23. The van der Waals surface area contributed by atoms with E-state index in [4.69, 9.17) is 0 Å². The summed E-state index contributed by atoms with van der Waals surface area (Å²) in [6, 6.07) is 0. The average molecular weight is 235 g/mol. The van der Waals surface area contributed by atoms with Gasteiger partial charge in [0.1, 0.15) is 0 Å². The molecule has 0 unspecified atom stereocenters. The van der Waals surface area contributed by atoms with Gasteiger partial charge in [0, 0.05) is 25.5 Å². The summed E-state index contributed by atoms with van der Waals surface area (Å²) in [4.78, 5) is 16.1. The highest BCUT2D eigenvalue weighted by molar-refractivity contribution is 5.31. The van der Waals surface area contributed by atoms with Crippen LogP contribution >= 0.6 is 0 Å². The first kappa shape index (κ1) is 12.1. The molecule has 0 atom stereocenters. The van der Waals surface area contributed by atoms with Gasteiger partial charge in [0.05, 0.1) is 0 Å². The third-order valence-electron chi connectivity index (χ3n) is 3.75. The second-order valence-corrected chi connectivity index (χ2v) is 5.24.